The molecule has 66 heavy (non-hydrogen) atoms. The molecule has 2 saturated heterocycles. The molecular formula is C53H45N5O4S4. The van der Waals surface area contributed by atoms with Crippen molar-refractivity contribution in [2.45, 2.75) is 56.1 Å². The van der Waals surface area contributed by atoms with Crippen molar-refractivity contribution >= 4 is 68.9 Å². The van der Waals surface area contributed by atoms with E-state index in [2.05, 4.69) is 53.8 Å². The van der Waals surface area contributed by atoms with Gasteiger partial charge in [-0.05, 0) is 82.0 Å². The van der Waals surface area contributed by atoms with E-state index in [1.165, 1.54) is 22.7 Å². The summed E-state index contributed by atoms with van der Waals surface area (Å²) >= 11 is 6.00. The van der Waals surface area contributed by atoms with Crippen LogP contribution in [0.2, 0.25) is 0 Å². The Balaban J connectivity index is 0.800. The number of ketones is 1. The first-order chi connectivity index (χ1) is 32.4. The van der Waals surface area contributed by atoms with E-state index in [1.54, 1.807) is 28.7 Å². The molecule has 0 unspecified atom stereocenters. The number of hydrogen-bond acceptors (Lipinski definition) is 10. The maximum atomic E-state index is 14.3. The Morgan fingerprint density at radius 3 is 1.56 bits per heavy atom. The van der Waals surface area contributed by atoms with Gasteiger partial charge in [0.15, 0.2) is 5.78 Å². The average Bonchev–Trinajstić information content (AvgIpc) is 4.22. The second-order valence-corrected chi connectivity index (χ2v) is 20.5. The largest absolute Gasteiger partial charge is 0.336 e. The van der Waals surface area contributed by atoms with Gasteiger partial charge in [0.25, 0.3) is 5.91 Å². The maximum absolute atomic E-state index is 14.3. The third kappa shape index (κ3) is 9.21. The molecule has 0 bridgehead atoms. The minimum absolute atomic E-state index is 0.0112. The Morgan fingerprint density at radius 2 is 1.05 bits per heavy atom. The van der Waals surface area contributed by atoms with E-state index in [0.29, 0.717) is 22.8 Å². The number of carbonyl (C=O) groups excluding carboxylic acids is 4. The molecule has 2 fully saturated rings. The van der Waals surface area contributed by atoms with Gasteiger partial charge in [-0.25, -0.2) is 9.97 Å². The fraction of sp³-hybridized carbons (Fsp3) is 0.208. The number of carbonyl (C=O) groups is 4. The number of hydrogen-bond donors (Lipinski definition) is 1. The highest BCUT2D eigenvalue weighted by Gasteiger charge is 2.39. The molecule has 2 aliphatic rings. The van der Waals surface area contributed by atoms with Crippen molar-refractivity contribution in [1.82, 2.24) is 25.1 Å². The van der Waals surface area contributed by atoms with Crippen LogP contribution in [0.3, 0.4) is 0 Å². The summed E-state index contributed by atoms with van der Waals surface area (Å²) in [7, 11) is 0. The smallest absolute Gasteiger partial charge is 0.262 e. The zero-order valence-electron chi connectivity index (χ0n) is 35.8. The summed E-state index contributed by atoms with van der Waals surface area (Å²) in [6, 6.07) is 42.3. The quantitative estimate of drug-likeness (QED) is 0.109. The minimum atomic E-state index is -0.803. The SMILES string of the molecule is O=C(C[C@H](C(=O)N1CCC[C@H]1c1ncc(-c2ccc(-c3ccc(-c4cnc([C@@H]5CCCN5C(=O)[C@H](NC(=O)c5cccs5)c5ccccc5)s4)cc3)cc2)s1)c1ccccc1)c1cccs1. The van der Waals surface area contributed by atoms with Gasteiger partial charge in [0.2, 0.25) is 11.8 Å². The molecule has 0 aliphatic carbocycles. The lowest BCUT2D eigenvalue weighted by atomic mass is 9.91. The van der Waals surface area contributed by atoms with Gasteiger partial charge in [-0.15, -0.1) is 45.3 Å². The number of amides is 3. The number of rotatable bonds is 14. The predicted molar refractivity (Wildman–Crippen MR) is 265 cm³/mol. The van der Waals surface area contributed by atoms with Gasteiger partial charge in [-0.3, -0.25) is 19.2 Å². The minimum Gasteiger partial charge on any atom is -0.336 e. The molecule has 4 atom stereocenters. The third-order valence-corrected chi connectivity index (χ3v) is 16.5. The fourth-order valence-electron chi connectivity index (χ4n) is 9.04. The van der Waals surface area contributed by atoms with Crippen molar-refractivity contribution in [1.29, 1.82) is 0 Å². The van der Waals surface area contributed by atoms with Gasteiger partial charge in [0.1, 0.15) is 16.1 Å². The summed E-state index contributed by atoms with van der Waals surface area (Å²) in [5.74, 6) is -0.973. The normalized spacial score (nSPS) is 16.8. The standard InChI is InChI=1S/C53H45N5O4S4/c59-43(44-17-9-29-63-44)31-40(36-11-3-1-4-12-36)52(61)57-27-7-15-41(57)50-54-32-46(65-50)37-23-19-34(20-24-37)35-21-25-38(26-22-35)47-33-55-51(66-47)42-16-8-28-58(42)53(62)48(39-13-5-2-6-14-39)56-49(60)45-18-10-30-64-45/h1-6,9-14,17-26,29-30,32-33,40-42,48H,7-8,15-16,27-28,31H2,(H,56,60)/t40-,41-,42-,48+/m0/s1. The second-order valence-electron chi connectivity index (χ2n) is 16.5. The maximum Gasteiger partial charge on any atom is 0.262 e. The van der Waals surface area contributed by atoms with Crippen molar-refractivity contribution in [3.8, 4) is 32.0 Å². The molecule has 10 rings (SSSR count). The van der Waals surface area contributed by atoms with E-state index < -0.39 is 12.0 Å². The van der Waals surface area contributed by atoms with Gasteiger partial charge in [0.05, 0.1) is 37.5 Å². The first-order valence-electron chi connectivity index (χ1n) is 22.1. The van der Waals surface area contributed by atoms with Crippen LogP contribution in [0.5, 0.6) is 0 Å². The monoisotopic (exact) mass is 943 g/mol. The number of benzene rings is 4. The zero-order chi connectivity index (χ0) is 45.0. The third-order valence-electron chi connectivity index (χ3n) is 12.4. The van der Waals surface area contributed by atoms with Gasteiger partial charge in [-0.1, -0.05) is 121 Å². The van der Waals surface area contributed by atoms with Gasteiger partial charge in [-0.2, -0.15) is 0 Å². The van der Waals surface area contributed by atoms with E-state index in [-0.39, 0.29) is 42.0 Å². The number of thiazole rings is 2. The summed E-state index contributed by atoms with van der Waals surface area (Å²) in [4.78, 5) is 71.9. The van der Waals surface area contributed by atoms with Crippen molar-refractivity contribution in [3.05, 3.63) is 188 Å². The van der Waals surface area contributed by atoms with E-state index in [0.717, 1.165) is 78.8 Å². The van der Waals surface area contributed by atoms with Crippen molar-refractivity contribution in [2.75, 3.05) is 13.1 Å². The fourth-order valence-corrected chi connectivity index (χ4v) is 12.5. The number of nitrogens with one attached hydrogen (secondary N) is 1. The Bertz CT molecular complexity index is 2730. The summed E-state index contributed by atoms with van der Waals surface area (Å²) in [5, 5.41) is 8.58. The Labute approximate surface area is 399 Å². The number of nitrogens with zero attached hydrogens (tertiary/aromatic N) is 4. The molecule has 0 saturated carbocycles. The van der Waals surface area contributed by atoms with Gasteiger partial charge >= 0.3 is 0 Å². The molecular weight excluding hydrogens is 899 g/mol. The van der Waals surface area contributed by atoms with Gasteiger partial charge < -0.3 is 15.1 Å². The lowest BCUT2D eigenvalue weighted by molar-refractivity contribution is -0.134. The molecule has 4 aromatic carbocycles. The van der Waals surface area contributed by atoms with E-state index >= 15 is 0 Å². The van der Waals surface area contributed by atoms with Crippen LogP contribution in [-0.2, 0) is 9.59 Å². The van der Waals surface area contributed by atoms with E-state index in [1.807, 2.05) is 112 Å². The van der Waals surface area contributed by atoms with Crippen LogP contribution in [0.15, 0.2) is 157 Å². The van der Waals surface area contributed by atoms with Crippen LogP contribution in [0.1, 0.15) is 96.6 Å². The van der Waals surface area contributed by atoms with E-state index in [9.17, 15) is 19.2 Å². The van der Waals surface area contributed by atoms with Crippen LogP contribution in [0.4, 0.5) is 0 Å². The first-order valence-corrected chi connectivity index (χ1v) is 25.5. The molecule has 0 spiro atoms. The summed E-state index contributed by atoms with van der Waals surface area (Å²) in [6.07, 6.45) is 7.34. The molecule has 330 valence electrons. The average molecular weight is 944 g/mol. The van der Waals surface area contributed by atoms with Crippen LogP contribution < -0.4 is 5.32 Å². The van der Waals surface area contributed by atoms with Gasteiger partial charge in [0, 0.05) is 31.9 Å². The molecule has 1 N–H and O–H groups in total. The molecule has 4 aromatic heterocycles. The molecule has 9 nitrogen and oxygen atoms in total. The van der Waals surface area contributed by atoms with Crippen molar-refractivity contribution in [2.24, 2.45) is 0 Å². The Morgan fingerprint density at radius 1 is 0.561 bits per heavy atom. The highest BCUT2D eigenvalue weighted by molar-refractivity contribution is 7.15. The molecule has 0 radical (unpaired) electrons. The summed E-state index contributed by atoms with van der Waals surface area (Å²) in [6.45, 7) is 1.24. The molecule has 6 heterocycles. The van der Waals surface area contributed by atoms with Crippen LogP contribution in [-0.4, -0.2) is 56.4 Å². The topological polar surface area (TPSA) is 113 Å². The predicted octanol–water partition coefficient (Wildman–Crippen LogP) is 12.3. The second kappa shape index (κ2) is 19.6. The first kappa shape index (κ1) is 43.5. The summed E-state index contributed by atoms with van der Waals surface area (Å²) in [5.41, 5.74) is 5.92. The Hall–Kier alpha value is -6.38. The lowest BCUT2D eigenvalue weighted by Gasteiger charge is -2.28. The number of thiophene rings is 2. The Kier molecular flexibility index (Phi) is 12.9. The number of likely N-dealkylation sites (tertiary alicyclic amines) is 2. The number of Topliss-reactive ketones (excluding diaryl/α,β-unsaturated/α-hetero) is 1. The summed E-state index contributed by atoms with van der Waals surface area (Å²) < 4.78 is 0. The highest BCUT2D eigenvalue weighted by atomic mass is 32.1. The van der Waals surface area contributed by atoms with Crippen LogP contribution in [0, 0.1) is 0 Å². The molecule has 3 amide bonds. The molecule has 8 aromatic rings. The zero-order valence-corrected chi connectivity index (χ0v) is 39.1. The number of aromatic nitrogens is 2. The van der Waals surface area contributed by atoms with E-state index in [4.69, 9.17) is 9.97 Å². The lowest BCUT2D eigenvalue weighted by Crippen LogP contribution is -2.42. The molecule has 2 aliphatic heterocycles. The highest BCUT2D eigenvalue weighted by Crippen LogP contribution is 2.42. The molecule has 13 heteroatoms. The van der Waals surface area contributed by atoms with Crippen molar-refractivity contribution < 1.29 is 19.2 Å². The van der Waals surface area contributed by atoms with Crippen molar-refractivity contribution in [3.63, 3.8) is 0 Å². The van der Waals surface area contributed by atoms with Crippen LogP contribution in [0.25, 0.3) is 32.0 Å². The van der Waals surface area contributed by atoms with Crippen LogP contribution >= 0.6 is 45.3 Å².